The number of hydrogen-bond donors (Lipinski definition) is 2. The molecule has 1 aromatic rings. The largest absolute Gasteiger partial charge is 0.454 e. The lowest BCUT2D eigenvalue weighted by Gasteiger charge is -2.22. The van der Waals surface area contributed by atoms with Gasteiger partial charge in [-0.25, -0.2) is 0 Å². The fourth-order valence-corrected chi connectivity index (χ4v) is 2.85. The topological polar surface area (TPSA) is 59.6 Å². The maximum absolute atomic E-state index is 11.9. The zero-order valence-electron chi connectivity index (χ0n) is 12.2. The van der Waals surface area contributed by atoms with E-state index in [1.807, 2.05) is 18.2 Å². The molecule has 0 saturated carbocycles. The van der Waals surface area contributed by atoms with Crippen LogP contribution < -0.4 is 20.1 Å². The molecule has 1 unspecified atom stereocenters. The van der Waals surface area contributed by atoms with E-state index in [2.05, 4.69) is 10.6 Å². The number of nitrogens with one attached hydrogen (secondary N) is 2. The molecule has 0 bridgehead atoms. The summed E-state index contributed by atoms with van der Waals surface area (Å²) in [4.78, 5) is 11.9. The average molecular weight is 290 g/mol. The van der Waals surface area contributed by atoms with Gasteiger partial charge in [-0.15, -0.1) is 0 Å². The van der Waals surface area contributed by atoms with Crippen molar-refractivity contribution in [1.29, 1.82) is 0 Å². The van der Waals surface area contributed by atoms with Crippen molar-refractivity contribution >= 4 is 5.91 Å². The summed E-state index contributed by atoms with van der Waals surface area (Å²) in [6.45, 7) is 2.99. The zero-order valence-corrected chi connectivity index (χ0v) is 12.2. The van der Waals surface area contributed by atoms with E-state index in [4.69, 9.17) is 9.47 Å². The molecule has 114 valence electrons. The molecule has 1 saturated heterocycles. The zero-order chi connectivity index (χ0) is 14.5. The van der Waals surface area contributed by atoms with Crippen LogP contribution in [-0.4, -0.2) is 25.8 Å². The summed E-state index contributed by atoms with van der Waals surface area (Å²) in [5, 5.41) is 6.36. The van der Waals surface area contributed by atoms with E-state index in [9.17, 15) is 4.79 Å². The molecule has 1 aromatic carbocycles. The molecule has 2 N–H and O–H groups in total. The van der Waals surface area contributed by atoms with Crippen LogP contribution in [0.2, 0.25) is 0 Å². The molecule has 0 aliphatic carbocycles. The average Bonchev–Trinajstić information content (AvgIpc) is 2.99. The number of rotatable bonds is 5. The van der Waals surface area contributed by atoms with Crippen LogP contribution in [0.1, 0.15) is 31.2 Å². The van der Waals surface area contributed by atoms with E-state index >= 15 is 0 Å². The van der Waals surface area contributed by atoms with Crippen LogP contribution in [-0.2, 0) is 11.3 Å². The predicted molar refractivity (Wildman–Crippen MR) is 79.2 cm³/mol. The molecule has 0 aromatic heterocycles. The Morgan fingerprint density at radius 1 is 1.33 bits per heavy atom. The fourth-order valence-electron chi connectivity index (χ4n) is 2.85. The molecule has 3 rings (SSSR count). The number of piperidine rings is 1. The standard InChI is InChI=1S/C16H22N2O3/c19-16(6-4-12-2-1-7-17-9-12)18-10-13-3-5-14-15(8-13)21-11-20-14/h3,5,8,12,17H,1-2,4,6-7,9-11H2,(H,18,19). The van der Waals surface area contributed by atoms with E-state index < -0.39 is 0 Å². The molecule has 5 nitrogen and oxygen atoms in total. The summed E-state index contributed by atoms with van der Waals surface area (Å²) in [6.07, 6.45) is 4.04. The highest BCUT2D eigenvalue weighted by Gasteiger charge is 2.15. The van der Waals surface area contributed by atoms with Crippen LogP contribution in [0.4, 0.5) is 0 Å². The number of benzene rings is 1. The second-order valence-corrected chi connectivity index (χ2v) is 5.72. The molecule has 5 heteroatoms. The predicted octanol–water partition coefficient (Wildman–Crippen LogP) is 1.81. The first-order chi connectivity index (χ1) is 10.3. The fraction of sp³-hybridized carbons (Fsp3) is 0.562. The third-order valence-corrected chi connectivity index (χ3v) is 4.11. The third-order valence-electron chi connectivity index (χ3n) is 4.11. The molecule has 2 aliphatic rings. The van der Waals surface area contributed by atoms with Crippen molar-refractivity contribution in [2.24, 2.45) is 5.92 Å². The number of fused-ring (bicyclic) bond motifs is 1. The van der Waals surface area contributed by atoms with Crippen molar-refractivity contribution in [2.45, 2.75) is 32.2 Å². The van der Waals surface area contributed by atoms with Gasteiger partial charge in [-0.05, 0) is 56.0 Å². The van der Waals surface area contributed by atoms with Crippen molar-refractivity contribution in [3.8, 4) is 11.5 Å². The second kappa shape index (κ2) is 6.80. The van der Waals surface area contributed by atoms with Gasteiger partial charge in [-0.1, -0.05) is 6.07 Å². The van der Waals surface area contributed by atoms with Crippen LogP contribution in [0.3, 0.4) is 0 Å². The first kappa shape index (κ1) is 14.2. The summed E-state index contributed by atoms with van der Waals surface area (Å²) in [5.41, 5.74) is 1.03. The molecule has 1 amide bonds. The maximum atomic E-state index is 11.9. The highest BCUT2D eigenvalue weighted by molar-refractivity contribution is 5.75. The van der Waals surface area contributed by atoms with E-state index in [1.165, 1.54) is 12.8 Å². The Hall–Kier alpha value is -1.75. The lowest BCUT2D eigenvalue weighted by atomic mass is 9.94. The van der Waals surface area contributed by atoms with Gasteiger partial charge in [0.25, 0.3) is 0 Å². The summed E-state index contributed by atoms with van der Waals surface area (Å²) >= 11 is 0. The van der Waals surface area contributed by atoms with Gasteiger partial charge in [0, 0.05) is 13.0 Å². The normalized spacial score (nSPS) is 20.3. The van der Waals surface area contributed by atoms with E-state index in [-0.39, 0.29) is 12.7 Å². The van der Waals surface area contributed by atoms with E-state index in [1.54, 1.807) is 0 Å². The molecule has 0 spiro atoms. The van der Waals surface area contributed by atoms with Crippen molar-refractivity contribution in [1.82, 2.24) is 10.6 Å². The Balaban J connectivity index is 1.41. The Labute approximate surface area is 125 Å². The highest BCUT2D eigenvalue weighted by atomic mass is 16.7. The van der Waals surface area contributed by atoms with E-state index in [0.717, 1.165) is 36.6 Å². The lowest BCUT2D eigenvalue weighted by molar-refractivity contribution is -0.121. The first-order valence-electron chi connectivity index (χ1n) is 7.67. The van der Waals surface area contributed by atoms with Gasteiger partial charge in [0.05, 0.1) is 0 Å². The molecule has 21 heavy (non-hydrogen) atoms. The SMILES string of the molecule is O=C(CCC1CCCNC1)NCc1ccc2c(c1)OCO2. The molecular weight excluding hydrogens is 268 g/mol. The number of amides is 1. The molecule has 0 radical (unpaired) electrons. The molecule has 1 fully saturated rings. The van der Waals surface area contributed by atoms with Gasteiger partial charge in [0.2, 0.25) is 12.7 Å². The van der Waals surface area contributed by atoms with Crippen LogP contribution in [0.25, 0.3) is 0 Å². The van der Waals surface area contributed by atoms with E-state index in [0.29, 0.717) is 18.9 Å². The maximum Gasteiger partial charge on any atom is 0.231 e. The molecule has 1 atom stereocenters. The van der Waals surface area contributed by atoms with Crippen LogP contribution in [0.15, 0.2) is 18.2 Å². The van der Waals surface area contributed by atoms with Crippen LogP contribution in [0, 0.1) is 5.92 Å². The number of carbonyl (C=O) groups is 1. The summed E-state index contributed by atoms with van der Waals surface area (Å²) in [5.74, 6) is 2.30. The minimum absolute atomic E-state index is 0.123. The van der Waals surface area contributed by atoms with Crippen molar-refractivity contribution in [3.05, 3.63) is 23.8 Å². The van der Waals surface area contributed by atoms with Gasteiger partial charge in [-0.3, -0.25) is 4.79 Å². The lowest BCUT2D eigenvalue weighted by Crippen LogP contribution is -2.31. The second-order valence-electron chi connectivity index (χ2n) is 5.72. The minimum Gasteiger partial charge on any atom is -0.454 e. The van der Waals surface area contributed by atoms with Gasteiger partial charge in [0.1, 0.15) is 0 Å². The van der Waals surface area contributed by atoms with Crippen molar-refractivity contribution in [2.75, 3.05) is 19.9 Å². The Kier molecular flexibility index (Phi) is 4.60. The van der Waals surface area contributed by atoms with Crippen molar-refractivity contribution in [3.63, 3.8) is 0 Å². The van der Waals surface area contributed by atoms with Gasteiger partial charge in [-0.2, -0.15) is 0 Å². The Morgan fingerprint density at radius 2 is 2.24 bits per heavy atom. The highest BCUT2D eigenvalue weighted by Crippen LogP contribution is 2.32. The number of carbonyl (C=O) groups excluding carboxylic acids is 1. The van der Waals surface area contributed by atoms with Crippen LogP contribution in [0.5, 0.6) is 11.5 Å². The third kappa shape index (κ3) is 3.88. The smallest absolute Gasteiger partial charge is 0.231 e. The summed E-state index contributed by atoms with van der Waals surface area (Å²) < 4.78 is 10.6. The quantitative estimate of drug-likeness (QED) is 0.868. The monoisotopic (exact) mass is 290 g/mol. The van der Waals surface area contributed by atoms with Crippen molar-refractivity contribution < 1.29 is 14.3 Å². The summed E-state index contributed by atoms with van der Waals surface area (Å²) in [6, 6.07) is 5.77. The molecule has 2 aliphatic heterocycles. The summed E-state index contributed by atoms with van der Waals surface area (Å²) in [7, 11) is 0. The van der Waals surface area contributed by atoms with Gasteiger partial charge in [0.15, 0.2) is 11.5 Å². The molecule has 2 heterocycles. The Bertz CT molecular complexity index is 498. The molecular formula is C16H22N2O3. The minimum atomic E-state index is 0.123. The van der Waals surface area contributed by atoms with Gasteiger partial charge < -0.3 is 20.1 Å². The van der Waals surface area contributed by atoms with Gasteiger partial charge >= 0.3 is 0 Å². The Morgan fingerprint density at radius 3 is 3.10 bits per heavy atom. The first-order valence-corrected chi connectivity index (χ1v) is 7.67. The van der Waals surface area contributed by atoms with Crippen LogP contribution >= 0.6 is 0 Å². The number of ether oxygens (including phenoxy) is 2. The number of hydrogen-bond acceptors (Lipinski definition) is 4.